The maximum atomic E-state index is 13.4. The molecule has 0 aliphatic carbocycles. The molecule has 0 aromatic heterocycles. The molecular weight excluding hydrogens is 515 g/mol. The Morgan fingerprint density at radius 2 is 1.57 bits per heavy atom. The van der Waals surface area contributed by atoms with E-state index in [1.54, 1.807) is 44.7 Å². The van der Waals surface area contributed by atoms with Gasteiger partial charge in [0.2, 0.25) is 17.7 Å². The molecule has 3 rings (SSSR count). The van der Waals surface area contributed by atoms with Crippen molar-refractivity contribution in [3.63, 3.8) is 0 Å². The molecule has 2 unspecified atom stereocenters. The highest BCUT2D eigenvalue weighted by atomic mass is 19.1. The molecule has 3 N–H and O–H groups in total. The number of hydrogen-bond acceptors (Lipinski definition) is 5. The van der Waals surface area contributed by atoms with E-state index in [1.165, 1.54) is 12.1 Å². The van der Waals surface area contributed by atoms with Gasteiger partial charge in [0.05, 0.1) is 0 Å². The number of halogens is 1. The van der Waals surface area contributed by atoms with Crippen molar-refractivity contribution < 1.29 is 28.3 Å². The second-order valence-corrected chi connectivity index (χ2v) is 11.1. The smallest absolute Gasteiger partial charge is 0.408 e. The molecule has 1 saturated heterocycles. The molecule has 0 bridgehead atoms. The van der Waals surface area contributed by atoms with Crippen molar-refractivity contribution in [2.75, 3.05) is 13.1 Å². The van der Waals surface area contributed by atoms with Crippen molar-refractivity contribution >= 4 is 23.8 Å². The molecule has 0 radical (unpaired) electrons. The van der Waals surface area contributed by atoms with Crippen LogP contribution in [0.1, 0.15) is 51.7 Å². The van der Waals surface area contributed by atoms with E-state index in [-0.39, 0.29) is 36.0 Å². The summed E-state index contributed by atoms with van der Waals surface area (Å²) in [6.45, 7) is 7.80. The summed E-state index contributed by atoms with van der Waals surface area (Å²) in [6.07, 6.45) is 0.518. The minimum atomic E-state index is -0.813. The van der Waals surface area contributed by atoms with Crippen LogP contribution in [0.2, 0.25) is 0 Å². The molecule has 216 valence electrons. The number of rotatable bonds is 9. The number of ether oxygens (including phenoxy) is 1. The van der Waals surface area contributed by atoms with Crippen LogP contribution < -0.4 is 16.0 Å². The second-order valence-electron chi connectivity index (χ2n) is 11.1. The average molecular weight is 555 g/mol. The number of nitrogens with zero attached hydrogens (tertiary/aromatic N) is 1. The van der Waals surface area contributed by atoms with Crippen LogP contribution in [0.15, 0.2) is 54.6 Å². The number of nitrogens with one attached hydrogen (secondary N) is 3. The van der Waals surface area contributed by atoms with E-state index >= 15 is 0 Å². The van der Waals surface area contributed by atoms with Crippen LogP contribution in [0.4, 0.5) is 9.18 Å². The highest BCUT2D eigenvalue weighted by Gasteiger charge is 2.33. The monoisotopic (exact) mass is 554 g/mol. The van der Waals surface area contributed by atoms with E-state index in [9.17, 15) is 23.6 Å². The zero-order chi connectivity index (χ0) is 29.3. The van der Waals surface area contributed by atoms with Crippen molar-refractivity contribution in [1.29, 1.82) is 0 Å². The number of likely N-dealkylation sites (tertiary alicyclic amines) is 1. The van der Waals surface area contributed by atoms with Crippen molar-refractivity contribution in [3.05, 3.63) is 71.5 Å². The molecule has 40 heavy (non-hydrogen) atoms. The second kappa shape index (κ2) is 13.9. The zero-order valence-corrected chi connectivity index (χ0v) is 23.5. The third kappa shape index (κ3) is 9.66. The summed E-state index contributed by atoms with van der Waals surface area (Å²) in [5.41, 5.74) is 0.945. The van der Waals surface area contributed by atoms with E-state index in [4.69, 9.17) is 4.74 Å². The minimum absolute atomic E-state index is 0.224. The van der Waals surface area contributed by atoms with Crippen molar-refractivity contribution in [3.8, 4) is 0 Å². The summed E-state index contributed by atoms with van der Waals surface area (Å²) in [5, 5.41) is 8.21. The molecule has 10 heteroatoms. The first kappa shape index (κ1) is 30.6. The lowest BCUT2D eigenvalue weighted by atomic mass is 9.94. The van der Waals surface area contributed by atoms with Crippen LogP contribution in [-0.4, -0.2) is 59.5 Å². The van der Waals surface area contributed by atoms with E-state index in [0.29, 0.717) is 32.4 Å². The summed E-state index contributed by atoms with van der Waals surface area (Å²) >= 11 is 0. The highest BCUT2D eigenvalue weighted by Crippen LogP contribution is 2.19. The predicted octanol–water partition coefficient (Wildman–Crippen LogP) is 3.32. The van der Waals surface area contributed by atoms with Crippen LogP contribution in [-0.2, 0) is 32.1 Å². The van der Waals surface area contributed by atoms with Crippen molar-refractivity contribution in [2.45, 2.75) is 71.2 Å². The van der Waals surface area contributed by atoms with Gasteiger partial charge in [0.25, 0.3) is 0 Å². The maximum absolute atomic E-state index is 13.4. The van der Waals surface area contributed by atoms with Gasteiger partial charge in [-0.2, -0.15) is 0 Å². The Kier molecular flexibility index (Phi) is 10.6. The van der Waals surface area contributed by atoms with Crippen LogP contribution in [0.5, 0.6) is 0 Å². The third-order valence-electron chi connectivity index (χ3n) is 6.58. The van der Waals surface area contributed by atoms with Gasteiger partial charge in [0, 0.05) is 32.0 Å². The molecule has 1 aliphatic rings. The Morgan fingerprint density at radius 3 is 2.17 bits per heavy atom. The van der Waals surface area contributed by atoms with Gasteiger partial charge in [-0.15, -0.1) is 0 Å². The SMILES string of the molecule is CC(NC(=O)C1CCN(C(=O)C(Cc2ccccc2)NC(=O)OC(C)(C)C)CC1)C(=O)NCc1ccc(F)cc1. The van der Waals surface area contributed by atoms with Crippen molar-refractivity contribution in [2.24, 2.45) is 5.92 Å². The van der Waals surface area contributed by atoms with E-state index in [1.807, 2.05) is 30.3 Å². The molecule has 1 heterocycles. The van der Waals surface area contributed by atoms with Crippen LogP contribution in [0, 0.1) is 11.7 Å². The number of carbonyl (C=O) groups is 4. The standard InChI is InChI=1S/C30H39FN4O5/c1-20(26(36)32-19-22-10-12-24(31)13-11-22)33-27(37)23-14-16-35(17-15-23)28(38)25(18-21-8-6-5-7-9-21)34-29(39)40-30(2,3)4/h5-13,20,23,25H,14-19H2,1-4H3,(H,32,36)(H,33,37)(H,34,39). The number of amides is 4. The van der Waals surface area contributed by atoms with E-state index in [2.05, 4.69) is 16.0 Å². The molecule has 2 aromatic carbocycles. The number of carbonyl (C=O) groups excluding carboxylic acids is 4. The molecule has 1 aliphatic heterocycles. The molecule has 2 aromatic rings. The first-order chi connectivity index (χ1) is 18.9. The topological polar surface area (TPSA) is 117 Å². The maximum Gasteiger partial charge on any atom is 0.408 e. The lowest BCUT2D eigenvalue weighted by Crippen LogP contribution is -2.54. The lowest BCUT2D eigenvalue weighted by molar-refractivity contribution is -0.138. The molecule has 4 amide bonds. The fourth-order valence-corrected chi connectivity index (χ4v) is 4.42. The Morgan fingerprint density at radius 1 is 0.950 bits per heavy atom. The van der Waals surface area contributed by atoms with E-state index < -0.39 is 23.8 Å². The summed E-state index contributed by atoms with van der Waals surface area (Å²) in [6, 6.07) is 13.7. The van der Waals surface area contributed by atoms with Crippen molar-refractivity contribution in [1.82, 2.24) is 20.9 Å². The number of alkyl carbamates (subject to hydrolysis) is 1. The van der Waals surface area contributed by atoms with Crippen LogP contribution >= 0.6 is 0 Å². The number of piperidine rings is 1. The quantitative estimate of drug-likeness (QED) is 0.440. The van der Waals surface area contributed by atoms with Gasteiger partial charge in [-0.3, -0.25) is 14.4 Å². The zero-order valence-electron chi connectivity index (χ0n) is 23.5. The summed E-state index contributed by atoms with van der Waals surface area (Å²) in [7, 11) is 0. The number of hydrogen-bond donors (Lipinski definition) is 3. The molecule has 2 atom stereocenters. The molecule has 0 spiro atoms. The van der Waals surface area contributed by atoms with Crippen LogP contribution in [0.3, 0.4) is 0 Å². The first-order valence-electron chi connectivity index (χ1n) is 13.6. The van der Waals surface area contributed by atoms with Gasteiger partial charge in [-0.1, -0.05) is 42.5 Å². The Bertz CT molecular complexity index is 1160. The molecule has 0 saturated carbocycles. The summed E-state index contributed by atoms with van der Waals surface area (Å²) in [4.78, 5) is 52.9. The van der Waals surface area contributed by atoms with Gasteiger partial charge in [-0.05, 0) is 63.8 Å². The van der Waals surface area contributed by atoms with Gasteiger partial charge < -0.3 is 25.6 Å². The minimum Gasteiger partial charge on any atom is -0.444 e. The van der Waals surface area contributed by atoms with E-state index in [0.717, 1.165) is 11.1 Å². The Balaban J connectivity index is 1.51. The lowest BCUT2D eigenvalue weighted by Gasteiger charge is -2.34. The van der Waals surface area contributed by atoms with Gasteiger partial charge in [-0.25, -0.2) is 9.18 Å². The Labute approximate surface area is 234 Å². The molecular formula is C30H39FN4O5. The summed E-state index contributed by atoms with van der Waals surface area (Å²) in [5.74, 6) is -1.52. The fraction of sp³-hybridized carbons (Fsp3) is 0.467. The normalized spacial score (nSPS) is 15.5. The van der Waals surface area contributed by atoms with Crippen LogP contribution in [0.25, 0.3) is 0 Å². The molecule has 1 fully saturated rings. The molecule has 9 nitrogen and oxygen atoms in total. The largest absolute Gasteiger partial charge is 0.444 e. The van der Waals surface area contributed by atoms with Gasteiger partial charge >= 0.3 is 6.09 Å². The average Bonchev–Trinajstić information content (AvgIpc) is 2.91. The van der Waals surface area contributed by atoms with Gasteiger partial charge in [0.1, 0.15) is 23.5 Å². The Hall–Kier alpha value is -3.95. The highest BCUT2D eigenvalue weighted by molar-refractivity contribution is 5.89. The first-order valence-corrected chi connectivity index (χ1v) is 13.6. The summed E-state index contributed by atoms with van der Waals surface area (Å²) < 4.78 is 18.4. The third-order valence-corrected chi connectivity index (χ3v) is 6.58. The number of benzene rings is 2. The van der Waals surface area contributed by atoms with Gasteiger partial charge in [0.15, 0.2) is 0 Å². The predicted molar refractivity (Wildman–Crippen MR) is 148 cm³/mol. The fourth-order valence-electron chi connectivity index (χ4n) is 4.42.